The number of pyridine rings is 4. The normalized spacial score (nSPS) is 12.4. The summed E-state index contributed by atoms with van der Waals surface area (Å²) in [5.41, 5.74) is 11.1. The van der Waals surface area contributed by atoms with Gasteiger partial charge in [-0.3, -0.25) is 44.0 Å². The van der Waals surface area contributed by atoms with Gasteiger partial charge in [0.2, 0.25) is 10.0 Å². The van der Waals surface area contributed by atoms with E-state index in [0.717, 1.165) is 18.8 Å². The van der Waals surface area contributed by atoms with E-state index in [9.17, 15) is 61.3 Å². The predicted molar refractivity (Wildman–Crippen MR) is 517 cm³/mol. The Bertz CT molecular complexity index is 6700. The monoisotopic (exact) mass is 1950 g/mol. The first kappa shape index (κ1) is 101. The smallest absolute Gasteiger partial charge is 0.255 e. The van der Waals surface area contributed by atoms with Crippen LogP contribution in [0.2, 0.25) is 20.1 Å². The summed E-state index contributed by atoms with van der Waals surface area (Å²) < 4.78 is 141. The summed E-state index contributed by atoms with van der Waals surface area (Å²) in [5.74, 6) is -0.514. The van der Waals surface area contributed by atoms with Gasteiger partial charge in [0.25, 0.3) is 23.6 Å². The number of nitrogens with zero attached hydrogens (tertiary/aromatic N) is 6. The summed E-state index contributed by atoms with van der Waals surface area (Å²) in [6.45, 7) is 9.24. The lowest BCUT2D eigenvalue weighted by Gasteiger charge is -2.33. The number of anilines is 4. The molecule has 12 aromatic rings. The molecule has 1 fully saturated rings. The van der Waals surface area contributed by atoms with Gasteiger partial charge in [0, 0.05) is 172 Å². The Balaban J connectivity index is 0.000000183. The molecule has 1 aliphatic rings. The van der Waals surface area contributed by atoms with Gasteiger partial charge in [-0.1, -0.05) is 109 Å². The average molecular weight is 1960 g/mol. The van der Waals surface area contributed by atoms with Crippen LogP contribution >= 0.6 is 46.4 Å². The highest BCUT2D eigenvalue weighted by Crippen LogP contribution is 2.36. The lowest BCUT2D eigenvalue weighted by Crippen LogP contribution is -2.49. The summed E-state index contributed by atoms with van der Waals surface area (Å²) in [5, 5.41) is 13.4. The van der Waals surface area contributed by atoms with Crippen molar-refractivity contribution in [3.8, 4) is 68.0 Å². The largest absolute Gasteiger partial charge is 0.496 e. The molecule has 13 rings (SSSR count). The second-order valence-corrected chi connectivity index (χ2v) is 42.9. The van der Waals surface area contributed by atoms with E-state index in [1.807, 2.05) is 80.6 Å². The molecule has 131 heavy (non-hydrogen) atoms. The van der Waals surface area contributed by atoms with Gasteiger partial charge < -0.3 is 40.2 Å². The Hall–Kier alpha value is -11.7. The van der Waals surface area contributed by atoms with Crippen molar-refractivity contribution in [2.24, 2.45) is 5.92 Å². The Labute approximate surface area is 783 Å². The summed E-state index contributed by atoms with van der Waals surface area (Å²) >= 11 is 25.2. The first-order valence-electron chi connectivity index (χ1n) is 40.5. The topological polar surface area (TPSA) is 382 Å². The third-order valence-electron chi connectivity index (χ3n) is 19.2. The fraction of sp³-hybridized carbons (Fsp3) is 0.234. The number of nitrogens with one attached hydrogen (secondary N) is 4. The number of hydrogen-bond donors (Lipinski definition) is 4. The molecule has 0 saturated carbocycles. The number of sulfonamides is 1. The van der Waals surface area contributed by atoms with Gasteiger partial charge in [0.1, 0.15) is 29.6 Å². The number of aromatic nitrogens is 4. The molecule has 0 atom stereocenters. The van der Waals surface area contributed by atoms with Crippen LogP contribution in [0, 0.1) is 5.92 Å². The molecule has 0 aliphatic carbocycles. The summed E-state index contributed by atoms with van der Waals surface area (Å²) in [7, 11) is -14.9. The van der Waals surface area contributed by atoms with E-state index in [1.165, 1.54) is 36.1 Å². The number of piperazine rings is 1. The predicted octanol–water partition coefficient (Wildman–Crippen LogP) is 17.2. The number of carbonyl (C=O) groups is 4. The van der Waals surface area contributed by atoms with Crippen molar-refractivity contribution in [1.82, 2.24) is 29.1 Å². The van der Waals surface area contributed by atoms with Crippen LogP contribution in [0.3, 0.4) is 0 Å². The minimum atomic E-state index is -3.35. The molecule has 28 nitrogen and oxygen atoms in total. The van der Waals surface area contributed by atoms with Crippen LogP contribution in [0.1, 0.15) is 84.5 Å². The maximum Gasteiger partial charge on any atom is 0.255 e. The summed E-state index contributed by atoms with van der Waals surface area (Å²) in [4.78, 5) is 70.8. The number of amides is 4. The number of methoxy groups -OCH3 is 1. The molecule has 1 saturated heterocycles. The second-order valence-electron chi connectivity index (χ2n) is 30.7. The van der Waals surface area contributed by atoms with E-state index in [4.69, 9.17) is 65.4 Å². The summed E-state index contributed by atoms with van der Waals surface area (Å²) in [6, 6.07) is 61.4. The van der Waals surface area contributed by atoms with Crippen LogP contribution in [0.25, 0.3) is 45.0 Å². The molecule has 5 heterocycles. The van der Waals surface area contributed by atoms with Gasteiger partial charge in [-0.2, -0.15) is 4.31 Å². The third-order valence-corrected chi connectivity index (χ3v) is 25.2. The van der Waals surface area contributed by atoms with Gasteiger partial charge in [-0.05, 0) is 183 Å². The van der Waals surface area contributed by atoms with E-state index in [1.54, 1.807) is 171 Å². The molecule has 0 radical (unpaired) electrons. The first-order valence-corrected chi connectivity index (χ1v) is 52.1. The molecule has 0 unspecified atom stereocenters. The number of sulfone groups is 4. The number of benzene rings is 8. The minimum absolute atomic E-state index is 0.158. The van der Waals surface area contributed by atoms with Crippen LogP contribution < -0.4 is 40.2 Å². The fourth-order valence-electron chi connectivity index (χ4n) is 13.1. The van der Waals surface area contributed by atoms with Crippen LogP contribution in [0.4, 0.5) is 22.7 Å². The van der Waals surface area contributed by atoms with Crippen molar-refractivity contribution in [2.45, 2.75) is 43.8 Å². The zero-order chi connectivity index (χ0) is 95.0. The van der Waals surface area contributed by atoms with E-state index in [0.29, 0.717) is 201 Å². The van der Waals surface area contributed by atoms with Crippen LogP contribution in [-0.2, 0) is 72.4 Å². The fourth-order valence-corrected chi connectivity index (χ4v) is 18.0. The molecule has 4 amide bonds. The molecular weight excluding hydrogens is 1860 g/mol. The van der Waals surface area contributed by atoms with E-state index >= 15 is 0 Å². The van der Waals surface area contributed by atoms with E-state index in [-0.39, 0.29) is 53.3 Å². The zero-order valence-electron chi connectivity index (χ0n) is 72.7. The molecule has 1 aliphatic heterocycles. The van der Waals surface area contributed by atoms with Crippen molar-refractivity contribution >= 4 is 142 Å². The molecule has 688 valence electrons. The first-order chi connectivity index (χ1) is 62.0. The number of rotatable bonds is 31. The number of ether oxygens (including phenoxy) is 4. The van der Waals surface area contributed by atoms with Crippen LogP contribution in [0.15, 0.2) is 243 Å². The van der Waals surface area contributed by atoms with Gasteiger partial charge in [0.15, 0.2) is 39.3 Å². The van der Waals surface area contributed by atoms with Crippen molar-refractivity contribution in [3.63, 3.8) is 0 Å². The Kier molecular flexibility index (Phi) is 35.9. The molecule has 0 bridgehead atoms. The second kappa shape index (κ2) is 46.4. The molecule has 0 spiro atoms. The van der Waals surface area contributed by atoms with Gasteiger partial charge in [-0.15, -0.1) is 0 Å². The number of hydrogen-bond acceptors (Lipinski definition) is 23. The number of halogens is 4. The Morgan fingerprint density at radius 2 is 0.649 bits per heavy atom. The molecule has 37 heteroatoms. The lowest BCUT2D eigenvalue weighted by molar-refractivity contribution is 0.101. The van der Waals surface area contributed by atoms with Crippen molar-refractivity contribution in [1.29, 1.82) is 0 Å². The van der Waals surface area contributed by atoms with Crippen LogP contribution in [0.5, 0.6) is 23.0 Å². The quantitative estimate of drug-likeness (QED) is 0.0313. The zero-order valence-corrected chi connectivity index (χ0v) is 79.8. The van der Waals surface area contributed by atoms with Gasteiger partial charge >= 0.3 is 0 Å². The van der Waals surface area contributed by atoms with Crippen LogP contribution in [-0.4, -0.2) is 186 Å². The number of carbonyl (C=O) groups excluding carboxylic acids is 4. The highest BCUT2D eigenvalue weighted by Gasteiger charge is 2.26. The molecule has 4 N–H and O–H groups in total. The maximum absolute atomic E-state index is 13.1. The van der Waals surface area contributed by atoms with Gasteiger partial charge in [-0.25, -0.2) is 42.1 Å². The molecule has 8 aromatic carbocycles. The van der Waals surface area contributed by atoms with Crippen molar-refractivity contribution in [3.05, 3.63) is 308 Å². The summed E-state index contributed by atoms with van der Waals surface area (Å²) in [6.07, 6.45) is 12.5. The Morgan fingerprint density at radius 1 is 0.366 bits per heavy atom. The van der Waals surface area contributed by atoms with Crippen molar-refractivity contribution in [2.75, 3.05) is 112 Å². The van der Waals surface area contributed by atoms with Crippen molar-refractivity contribution < 1.29 is 80.2 Å². The molecular formula is C94H96Cl4N10O18S5. The third kappa shape index (κ3) is 31.8. The highest BCUT2D eigenvalue weighted by atomic mass is 35.5. The average Bonchev–Trinajstić information content (AvgIpc) is 0.825. The Morgan fingerprint density at radius 3 is 0.908 bits per heavy atom. The molecule has 4 aromatic heterocycles. The SMILES string of the molecule is CC(C)COc1cc(C(=O)Nc2ccc(Cl)c(-c3ccccn3)c2)ccc1CS(C)(=O)=O.CCOc1cc(C(=O)Nc2ccc(Cl)c(-c3ccccn3)c2)ccc1CS(C)(=O)=O.COc1cc(C(=O)Nc2ccc(Cl)c(-c3ccccn3)c2)ccc1CS(C)(=O)=O.CS(=O)(=O)Cc1ccc(C(=O)Nc2ccc(Cl)c(-c3ccccn3)c2)cc1OCCN1CCN(S(C)(=O)=O)CC1. The van der Waals surface area contributed by atoms with Gasteiger partial charge in [0.05, 0.1) is 92.5 Å². The minimum Gasteiger partial charge on any atom is -0.496 e. The highest BCUT2D eigenvalue weighted by molar-refractivity contribution is 7.90. The van der Waals surface area contributed by atoms with E-state index in [2.05, 4.69) is 46.1 Å². The standard InChI is InChI=1S/C27H31ClN4O6S2.C24H25ClN2O4S.C22H21ClN2O4S.C21H19ClN2O4S/c1-39(34,35)19-21-7-6-20(17-26(21)38-16-15-31-11-13-32(14-12-31)40(2,36)37)27(33)30-22-8-9-24(28)23(18-22)25-5-3-4-10-29-25;1-16(2)14-31-23-12-17(7-8-18(23)15-32(3,29)30)24(28)27-19-9-10-21(25)20(13-19)22-6-4-5-11-26-22;1-3-29-21-12-15(7-8-16(21)14-30(2,27)28)22(26)25-17-9-10-19(23)18(13-17)20-6-4-5-11-24-20;1-28-20-11-14(6-7-15(20)13-29(2,26)27)21(25)24-16-8-9-18(22)17(12-16)19-5-3-4-10-23-19/h3-10,17-18H,11-16,19H2,1-2H3,(H,30,33);4-13,16H,14-15H2,1-3H3,(H,27,28);4-13H,3,14H2,1-2H3,(H,25,26);3-12H,13H2,1-2H3,(H,24,25). The lowest BCUT2D eigenvalue weighted by atomic mass is 10.1. The van der Waals surface area contributed by atoms with E-state index < -0.39 is 55.3 Å². The maximum atomic E-state index is 13.1.